The zero-order valence-electron chi connectivity index (χ0n) is 20.2. The van der Waals surface area contributed by atoms with Crippen molar-refractivity contribution in [1.82, 2.24) is 0 Å². The minimum atomic E-state index is -2.08. The van der Waals surface area contributed by atoms with Crippen molar-refractivity contribution in [3.63, 3.8) is 0 Å². The smallest absolute Gasteiger partial charge is 0.200 e. The third-order valence-corrected chi connectivity index (χ3v) is 11.6. The number of carbonyl (C=O) groups excluding carboxylic acids is 1. The third-order valence-electron chi connectivity index (χ3n) is 5.51. The van der Waals surface area contributed by atoms with Gasteiger partial charge in [0, 0.05) is 31.8 Å². The van der Waals surface area contributed by atoms with E-state index in [0.717, 1.165) is 11.1 Å². The Balaban J connectivity index is 3.42. The average molecular weight is 441 g/mol. The monoisotopic (exact) mass is 440 g/mol. The molecule has 172 valence electrons. The van der Waals surface area contributed by atoms with Crippen LogP contribution in [0.4, 0.5) is 0 Å². The fraction of sp³-hybridized carbons (Fsp3) is 0.696. The van der Waals surface area contributed by atoms with Crippen LogP contribution in [-0.4, -0.2) is 41.9 Å². The van der Waals surface area contributed by atoms with Crippen LogP contribution in [0.3, 0.4) is 0 Å². The fourth-order valence-corrected chi connectivity index (χ4v) is 9.85. The van der Waals surface area contributed by atoms with Gasteiger partial charge in [-0.1, -0.05) is 41.5 Å². The lowest BCUT2D eigenvalue weighted by Gasteiger charge is -2.42. The summed E-state index contributed by atoms with van der Waals surface area (Å²) in [6, 6.07) is 3.74. The molecule has 0 spiro atoms. The predicted molar refractivity (Wildman–Crippen MR) is 122 cm³/mol. The topological polar surface area (TPSA) is 63.2 Å². The Hall–Kier alpha value is -1.41. The first-order chi connectivity index (χ1) is 14.1. The van der Waals surface area contributed by atoms with Crippen molar-refractivity contribution in [2.75, 3.05) is 27.8 Å². The van der Waals surface area contributed by atoms with E-state index in [0.29, 0.717) is 34.7 Å². The Morgan fingerprint density at radius 2 is 1.37 bits per heavy atom. The van der Waals surface area contributed by atoms with E-state index in [1.54, 1.807) is 21.1 Å². The van der Waals surface area contributed by atoms with Crippen molar-refractivity contribution in [2.45, 2.75) is 78.1 Å². The molecule has 0 aliphatic rings. The van der Waals surface area contributed by atoms with Gasteiger partial charge in [0.2, 0.25) is 8.32 Å². The normalized spacial score (nSPS) is 12.1. The Kier molecular flexibility index (Phi) is 11.0. The van der Waals surface area contributed by atoms with Gasteiger partial charge in [0.25, 0.3) is 0 Å². The summed E-state index contributed by atoms with van der Waals surface area (Å²) in [4.78, 5) is 11.9. The van der Waals surface area contributed by atoms with Gasteiger partial charge in [-0.05, 0) is 35.7 Å². The summed E-state index contributed by atoms with van der Waals surface area (Å²) in [5.74, 6) is 1.31. The second-order valence-corrected chi connectivity index (χ2v) is 14.1. The summed E-state index contributed by atoms with van der Waals surface area (Å²) < 4.78 is 28.5. The summed E-state index contributed by atoms with van der Waals surface area (Å²) >= 11 is 0. The van der Waals surface area contributed by atoms with E-state index >= 15 is 0 Å². The lowest BCUT2D eigenvalue weighted by molar-refractivity contribution is -0.116. The molecule has 0 fully saturated rings. The first-order valence-electron chi connectivity index (χ1n) is 10.6. The second-order valence-electron chi connectivity index (χ2n) is 8.66. The number of methoxy groups -OCH3 is 2. The maximum Gasteiger partial charge on any atom is 0.200 e. The highest BCUT2D eigenvalue weighted by atomic mass is 28.4. The van der Waals surface area contributed by atoms with E-state index in [9.17, 15) is 4.79 Å². The number of rotatable bonds is 14. The highest BCUT2D eigenvalue weighted by Gasteiger charge is 2.45. The number of hydrogen-bond donors (Lipinski definition) is 0. The maximum atomic E-state index is 11.9. The number of benzene rings is 1. The average Bonchev–Trinajstić information content (AvgIpc) is 2.64. The molecule has 0 aliphatic carbocycles. The molecule has 0 amide bonds. The zero-order valence-corrected chi connectivity index (χ0v) is 21.2. The van der Waals surface area contributed by atoms with Gasteiger partial charge >= 0.3 is 0 Å². The van der Waals surface area contributed by atoms with Crippen LogP contribution < -0.4 is 9.47 Å². The van der Waals surface area contributed by atoms with Gasteiger partial charge < -0.3 is 23.4 Å². The molecule has 0 saturated carbocycles. The van der Waals surface area contributed by atoms with Crippen LogP contribution in [0, 0.1) is 0 Å². The van der Waals surface area contributed by atoms with Crippen molar-refractivity contribution in [3.8, 4) is 11.5 Å². The van der Waals surface area contributed by atoms with E-state index in [2.05, 4.69) is 41.5 Å². The zero-order chi connectivity index (χ0) is 22.9. The fourth-order valence-electron chi connectivity index (χ4n) is 4.45. The predicted octanol–water partition coefficient (Wildman–Crippen LogP) is 5.48. The Labute approximate surface area is 183 Å². The van der Waals surface area contributed by atoms with Crippen molar-refractivity contribution in [1.29, 1.82) is 0 Å². The van der Waals surface area contributed by atoms with Crippen LogP contribution in [0.1, 0.15) is 59.6 Å². The van der Waals surface area contributed by atoms with Gasteiger partial charge in [-0.25, -0.2) is 0 Å². The number of hydrogen-bond acceptors (Lipinski definition) is 6. The van der Waals surface area contributed by atoms with Gasteiger partial charge in [0.15, 0.2) is 13.6 Å². The first kappa shape index (κ1) is 26.6. The molecule has 0 bridgehead atoms. The third kappa shape index (κ3) is 6.80. The molecule has 6 nitrogen and oxygen atoms in total. The molecule has 0 saturated heterocycles. The second kappa shape index (κ2) is 12.4. The summed E-state index contributed by atoms with van der Waals surface area (Å²) in [6.45, 7) is 15.7. The lowest BCUT2D eigenvalue weighted by atomic mass is 10.0. The molecule has 0 aliphatic heterocycles. The van der Waals surface area contributed by atoms with Crippen LogP contribution in [0.5, 0.6) is 11.5 Å². The Morgan fingerprint density at radius 1 is 0.867 bits per heavy atom. The minimum absolute atomic E-state index is 0.0447. The van der Waals surface area contributed by atoms with Crippen LogP contribution in [0.15, 0.2) is 12.1 Å². The highest BCUT2D eigenvalue weighted by molar-refractivity contribution is 6.77. The number of Topliss-reactive ketones (excluding diaryl/α,β-unsaturated/α-hetero) is 1. The Bertz CT molecular complexity index is 650. The van der Waals surface area contributed by atoms with E-state index in [1.807, 2.05) is 12.1 Å². The quantitative estimate of drug-likeness (QED) is 0.282. The molecule has 1 aromatic carbocycles. The van der Waals surface area contributed by atoms with Crippen LogP contribution in [0.2, 0.25) is 16.6 Å². The molecule has 0 heterocycles. The summed E-state index contributed by atoms with van der Waals surface area (Å²) in [7, 11) is 1.07. The molecule has 1 rings (SSSR count). The van der Waals surface area contributed by atoms with Crippen molar-refractivity contribution in [2.24, 2.45) is 0 Å². The van der Waals surface area contributed by atoms with Crippen LogP contribution >= 0.6 is 0 Å². The number of ketones is 1. The molecule has 0 atom stereocenters. The van der Waals surface area contributed by atoms with Crippen LogP contribution in [-0.2, 0) is 31.7 Å². The molecule has 0 unspecified atom stereocenters. The summed E-state index contributed by atoms with van der Waals surface area (Å²) in [6.07, 6.45) is 0.247. The molecule has 0 aromatic heterocycles. The van der Waals surface area contributed by atoms with Gasteiger partial charge in [-0.15, -0.1) is 0 Å². The van der Waals surface area contributed by atoms with Crippen molar-refractivity contribution < 1.29 is 28.2 Å². The van der Waals surface area contributed by atoms with Gasteiger partial charge in [0.1, 0.15) is 17.3 Å². The highest BCUT2D eigenvalue weighted by Crippen LogP contribution is 2.43. The maximum absolute atomic E-state index is 11.9. The molecular formula is C23H40O6Si. The number of carbonyl (C=O) groups is 1. The molecule has 30 heavy (non-hydrogen) atoms. The van der Waals surface area contributed by atoms with Gasteiger partial charge in [-0.3, -0.25) is 4.79 Å². The Morgan fingerprint density at radius 3 is 1.83 bits per heavy atom. The first-order valence-corrected chi connectivity index (χ1v) is 12.8. The molecule has 0 radical (unpaired) electrons. The largest absolute Gasteiger partial charge is 0.468 e. The summed E-state index contributed by atoms with van der Waals surface area (Å²) in [5, 5.41) is 0. The lowest BCUT2D eigenvalue weighted by Crippen LogP contribution is -2.47. The standard InChI is InChI=1S/C23H40O6Si/c1-16(2)30(17(3)4,18(5)6)29-13-21-12-22(27-14-25-8)11-20(10-19(7)24)23(21)28-15-26-9/h11-12,16-18H,10,13-15H2,1-9H3. The van der Waals surface area contributed by atoms with Crippen molar-refractivity contribution >= 4 is 14.1 Å². The van der Waals surface area contributed by atoms with E-state index < -0.39 is 8.32 Å². The molecular weight excluding hydrogens is 400 g/mol. The van der Waals surface area contributed by atoms with Crippen LogP contribution in [0.25, 0.3) is 0 Å². The van der Waals surface area contributed by atoms with E-state index in [1.165, 1.54) is 0 Å². The number of ether oxygens (including phenoxy) is 4. The van der Waals surface area contributed by atoms with Gasteiger partial charge in [-0.2, -0.15) is 0 Å². The molecule has 0 N–H and O–H groups in total. The minimum Gasteiger partial charge on any atom is -0.468 e. The van der Waals surface area contributed by atoms with Crippen molar-refractivity contribution in [3.05, 3.63) is 23.3 Å². The molecule has 7 heteroatoms. The SMILES string of the molecule is COCOc1cc(CO[Si](C(C)C)(C(C)C)C(C)C)c(OCOC)c(CC(C)=O)c1. The van der Waals surface area contributed by atoms with E-state index in [-0.39, 0.29) is 25.8 Å². The van der Waals surface area contributed by atoms with Gasteiger partial charge in [0.05, 0.1) is 6.61 Å². The summed E-state index contributed by atoms with van der Waals surface area (Å²) in [5.41, 5.74) is 3.01. The molecule has 1 aromatic rings. The van der Waals surface area contributed by atoms with E-state index in [4.69, 9.17) is 23.4 Å².